The molecule has 158 valence electrons. The predicted molar refractivity (Wildman–Crippen MR) is 113 cm³/mol. The number of ether oxygens (including phenoxy) is 2. The highest BCUT2D eigenvalue weighted by atomic mass is 16.5. The molecule has 8 heteroatoms. The average Bonchev–Trinajstić information content (AvgIpc) is 2.73. The molecule has 0 aromatic heterocycles. The quantitative estimate of drug-likeness (QED) is 0.481. The second-order valence-corrected chi connectivity index (χ2v) is 7.19. The topological polar surface area (TPSA) is 108 Å². The van der Waals surface area contributed by atoms with Crippen LogP contribution in [0.5, 0.6) is 11.5 Å². The van der Waals surface area contributed by atoms with Crippen LogP contribution in [-0.2, 0) is 22.4 Å². The van der Waals surface area contributed by atoms with Gasteiger partial charge in [-0.25, -0.2) is 4.79 Å². The SMILES string of the molecule is CCOC(=O)c1cccc2c1OB(O)[C@@H](CC(=O)Cc1cccc(OCCN)c1)C2. The van der Waals surface area contributed by atoms with Crippen LogP contribution in [0, 0.1) is 0 Å². The van der Waals surface area contributed by atoms with E-state index in [9.17, 15) is 14.6 Å². The predicted octanol–water partition coefficient (Wildman–Crippen LogP) is 2.19. The normalized spacial score (nSPS) is 15.2. The standard InChI is InChI=1S/C22H26BNO6/c1-2-28-22(26)20-8-4-6-16-13-17(23(27)30-21(16)20)14-18(25)11-15-5-3-7-19(12-15)29-10-9-24/h3-8,12,17,27H,2,9-11,13-14,24H2,1H3/t17-/m1/s1. The summed E-state index contributed by atoms with van der Waals surface area (Å²) in [6, 6.07) is 12.5. The van der Waals surface area contributed by atoms with Gasteiger partial charge in [-0.2, -0.15) is 0 Å². The van der Waals surface area contributed by atoms with Crippen molar-refractivity contribution in [1.29, 1.82) is 0 Å². The van der Waals surface area contributed by atoms with Crippen LogP contribution in [0.3, 0.4) is 0 Å². The molecule has 0 unspecified atom stereocenters. The van der Waals surface area contributed by atoms with Gasteiger partial charge in [-0.15, -0.1) is 0 Å². The molecule has 0 amide bonds. The van der Waals surface area contributed by atoms with Crippen molar-refractivity contribution in [1.82, 2.24) is 0 Å². The van der Waals surface area contributed by atoms with E-state index in [1.165, 1.54) is 0 Å². The largest absolute Gasteiger partial charge is 0.535 e. The Labute approximate surface area is 176 Å². The Hall–Kier alpha value is -2.84. The van der Waals surface area contributed by atoms with Crippen molar-refractivity contribution in [2.75, 3.05) is 19.8 Å². The molecule has 1 heterocycles. The maximum absolute atomic E-state index is 12.6. The van der Waals surface area contributed by atoms with Crippen LogP contribution in [0.25, 0.3) is 0 Å². The lowest BCUT2D eigenvalue weighted by molar-refractivity contribution is -0.118. The number of para-hydroxylation sites is 1. The van der Waals surface area contributed by atoms with Crippen LogP contribution in [-0.4, -0.2) is 43.7 Å². The van der Waals surface area contributed by atoms with Gasteiger partial charge in [-0.1, -0.05) is 24.3 Å². The summed E-state index contributed by atoms with van der Waals surface area (Å²) < 4.78 is 16.2. The molecule has 0 saturated carbocycles. The molecule has 0 fully saturated rings. The minimum absolute atomic E-state index is 0.0105. The van der Waals surface area contributed by atoms with Crippen molar-refractivity contribution < 1.29 is 28.7 Å². The zero-order valence-electron chi connectivity index (χ0n) is 17.0. The fourth-order valence-corrected chi connectivity index (χ4v) is 3.54. The zero-order chi connectivity index (χ0) is 21.5. The third kappa shape index (κ3) is 5.40. The molecule has 3 N–H and O–H groups in total. The van der Waals surface area contributed by atoms with Gasteiger partial charge >= 0.3 is 13.1 Å². The molecular weight excluding hydrogens is 385 g/mol. The smallest absolute Gasteiger partial charge is 0.526 e. The van der Waals surface area contributed by atoms with E-state index in [1.54, 1.807) is 19.1 Å². The van der Waals surface area contributed by atoms with Gasteiger partial charge in [0.25, 0.3) is 0 Å². The van der Waals surface area contributed by atoms with Crippen LogP contribution in [0.15, 0.2) is 42.5 Å². The van der Waals surface area contributed by atoms with Gasteiger partial charge in [0.1, 0.15) is 29.5 Å². The molecule has 0 bridgehead atoms. The number of carbonyl (C=O) groups excluding carboxylic acids is 2. The molecule has 2 aromatic rings. The summed E-state index contributed by atoms with van der Waals surface area (Å²) >= 11 is 0. The Kier molecular flexibility index (Phi) is 7.49. The van der Waals surface area contributed by atoms with E-state index in [-0.39, 0.29) is 36.6 Å². The molecule has 1 atom stereocenters. The van der Waals surface area contributed by atoms with Gasteiger partial charge in [0.2, 0.25) is 0 Å². The minimum atomic E-state index is -1.17. The number of carbonyl (C=O) groups is 2. The monoisotopic (exact) mass is 411 g/mol. The lowest BCUT2D eigenvalue weighted by atomic mass is 9.64. The summed E-state index contributed by atoms with van der Waals surface area (Å²) in [4.78, 5) is 24.7. The first-order valence-electron chi connectivity index (χ1n) is 10.1. The fourth-order valence-electron chi connectivity index (χ4n) is 3.54. The second kappa shape index (κ2) is 10.3. The van der Waals surface area contributed by atoms with E-state index in [2.05, 4.69) is 0 Å². The van der Waals surface area contributed by atoms with Gasteiger partial charge in [-0.05, 0) is 42.7 Å². The van der Waals surface area contributed by atoms with Gasteiger partial charge in [-0.3, -0.25) is 4.79 Å². The first-order chi connectivity index (χ1) is 14.5. The summed E-state index contributed by atoms with van der Waals surface area (Å²) in [6.07, 6.45) is 0.839. The van der Waals surface area contributed by atoms with E-state index in [4.69, 9.17) is 19.9 Å². The molecule has 30 heavy (non-hydrogen) atoms. The number of benzene rings is 2. The number of hydrogen-bond donors (Lipinski definition) is 2. The highest BCUT2D eigenvalue weighted by Crippen LogP contribution is 2.36. The van der Waals surface area contributed by atoms with E-state index < -0.39 is 13.1 Å². The average molecular weight is 411 g/mol. The number of fused-ring (bicyclic) bond motifs is 1. The van der Waals surface area contributed by atoms with Crippen LogP contribution in [0.2, 0.25) is 5.82 Å². The van der Waals surface area contributed by atoms with Crippen LogP contribution in [0.4, 0.5) is 0 Å². The molecule has 0 spiro atoms. The van der Waals surface area contributed by atoms with Gasteiger partial charge in [0, 0.05) is 25.2 Å². The third-order valence-corrected chi connectivity index (χ3v) is 4.89. The third-order valence-electron chi connectivity index (χ3n) is 4.89. The number of Topliss-reactive ketones (excluding diaryl/α,β-unsaturated/α-hetero) is 1. The van der Waals surface area contributed by atoms with Gasteiger partial charge in [0.15, 0.2) is 0 Å². The van der Waals surface area contributed by atoms with E-state index in [0.717, 1.165) is 11.1 Å². The van der Waals surface area contributed by atoms with Crippen molar-refractivity contribution in [3.63, 3.8) is 0 Å². The summed E-state index contributed by atoms with van der Waals surface area (Å²) in [5.41, 5.74) is 7.35. The Morgan fingerprint density at radius 1 is 1.27 bits per heavy atom. The molecular formula is C22H26BNO6. The Morgan fingerprint density at radius 2 is 2.07 bits per heavy atom. The maximum atomic E-state index is 12.6. The van der Waals surface area contributed by atoms with Crippen LogP contribution < -0.4 is 15.1 Å². The Morgan fingerprint density at radius 3 is 2.83 bits per heavy atom. The Bertz CT molecular complexity index is 903. The number of ketones is 1. The molecule has 0 saturated heterocycles. The summed E-state index contributed by atoms with van der Waals surface area (Å²) in [5.74, 6) is 0.111. The van der Waals surface area contributed by atoms with E-state index >= 15 is 0 Å². The molecule has 1 aliphatic heterocycles. The van der Waals surface area contributed by atoms with Gasteiger partial charge in [0.05, 0.1) is 6.61 Å². The van der Waals surface area contributed by atoms with Crippen molar-refractivity contribution in [3.05, 3.63) is 59.2 Å². The second-order valence-electron chi connectivity index (χ2n) is 7.19. The van der Waals surface area contributed by atoms with Crippen molar-refractivity contribution in [2.45, 2.75) is 32.0 Å². The molecule has 0 aliphatic carbocycles. The minimum Gasteiger partial charge on any atom is -0.535 e. The summed E-state index contributed by atoms with van der Waals surface area (Å²) in [5, 5.41) is 10.4. The van der Waals surface area contributed by atoms with Gasteiger partial charge < -0.3 is 24.9 Å². The Balaban J connectivity index is 1.65. The first kappa shape index (κ1) is 21.9. The van der Waals surface area contributed by atoms with E-state index in [0.29, 0.717) is 31.1 Å². The number of esters is 1. The highest BCUT2D eigenvalue weighted by Gasteiger charge is 2.37. The fraction of sp³-hybridized carbons (Fsp3) is 0.364. The number of hydrogen-bond acceptors (Lipinski definition) is 7. The highest BCUT2D eigenvalue weighted by molar-refractivity contribution is 6.47. The molecule has 3 rings (SSSR count). The van der Waals surface area contributed by atoms with Crippen molar-refractivity contribution in [3.8, 4) is 11.5 Å². The van der Waals surface area contributed by atoms with Crippen LogP contribution >= 0.6 is 0 Å². The summed E-state index contributed by atoms with van der Waals surface area (Å²) in [6.45, 7) is 2.81. The molecule has 7 nitrogen and oxygen atoms in total. The lowest BCUT2D eigenvalue weighted by Gasteiger charge is -2.28. The zero-order valence-corrected chi connectivity index (χ0v) is 17.0. The lowest BCUT2D eigenvalue weighted by Crippen LogP contribution is -2.36. The number of nitrogens with two attached hydrogens (primary N) is 1. The number of rotatable bonds is 9. The van der Waals surface area contributed by atoms with Crippen molar-refractivity contribution >= 4 is 18.9 Å². The molecule has 0 radical (unpaired) electrons. The van der Waals surface area contributed by atoms with Crippen LogP contribution in [0.1, 0.15) is 34.8 Å². The maximum Gasteiger partial charge on any atom is 0.526 e. The molecule has 1 aliphatic rings. The first-order valence-corrected chi connectivity index (χ1v) is 10.1. The van der Waals surface area contributed by atoms with E-state index in [1.807, 2.05) is 30.3 Å². The summed E-state index contributed by atoms with van der Waals surface area (Å²) in [7, 11) is -1.17. The molecule has 2 aromatic carbocycles. The van der Waals surface area contributed by atoms with Crippen molar-refractivity contribution in [2.24, 2.45) is 5.73 Å².